The van der Waals surface area contributed by atoms with Gasteiger partial charge in [0.25, 0.3) is 5.91 Å². The second-order valence-electron chi connectivity index (χ2n) is 15.9. The summed E-state index contributed by atoms with van der Waals surface area (Å²) in [6, 6.07) is 0. The van der Waals surface area contributed by atoms with Crippen molar-refractivity contribution in [3.8, 4) is 0 Å². The van der Waals surface area contributed by atoms with E-state index < -0.39 is 29.1 Å². The molecule has 0 aromatic carbocycles. The van der Waals surface area contributed by atoms with Crippen LogP contribution in [0.1, 0.15) is 135 Å². The van der Waals surface area contributed by atoms with Gasteiger partial charge in [-0.3, -0.25) is 14.5 Å². The molecular weight excluding hydrogens is 552 g/mol. The highest BCUT2D eigenvalue weighted by atomic mass is 16.7. The van der Waals surface area contributed by atoms with Crippen molar-refractivity contribution in [2.24, 2.45) is 4.99 Å². The fourth-order valence-electron chi connectivity index (χ4n) is 6.13. The summed E-state index contributed by atoms with van der Waals surface area (Å²) in [5.74, 6) is -1.44. The highest BCUT2D eigenvalue weighted by Gasteiger charge is 2.46. The third-order valence-electron chi connectivity index (χ3n) is 8.65. The van der Waals surface area contributed by atoms with E-state index >= 15 is 0 Å². The van der Waals surface area contributed by atoms with Gasteiger partial charge in [0, 0.05) is 22.2 Å². The van der Waals surface area contributed by atoms with Gasteiger partial charge in [-0.1, -0.05) is 0 Å². The number of nitrogens with one attached hydrogen (secondary N) is 1. The van der Waals surface area contributed by atoms with Crippen LogP contribution in [0.25, 0.3) is 0 Å². The van der Waals surface area contributed by atoms with E-state index in [-0.39, 0.29) is 34.2 Å². The number of cyclic esters (lactones) is 1. The van der Waals surface area contributed by atoms with Crippen molar-refractivity contribution in [3.05, 3.63) is 0 Å². The smallest absolute Gasteiger partial charge is 0.340 e. The molecule has 11 heteroatoms. The lowest BCUT2D eigenvalue weighted by Crippen LogP contribution is -2.61. The SMILES string of the molecule is CC(ON1C(C)(C)CCCC1(C)C)C(=O)NC(C)(C)C(=O)O.CC(ON1C(C)(C)CCCC1(C)C)C1=NC(C)(C)C(=O)O1. The first kappa shape index (κ1) is 37.1. The van der Waals surface area contributed by atoms with E-state index in [4.69, 9.17) is 19.5 Å². The molecule has 2 atom stereocenters. The molecule has 2 fully saturated rings. The van der Waals surface area contributed by atoms with Crippen LogP contribution in [0.5, 0.6) is 0 Å². The van der Waals surface area contributed by atoms with Crippen molar-refractivity contribution in [1.29, 1.82) is 0 Å². The van der Waals surface area contributed by atoms with Crippen LogP contribution in [0.2, 0.25) is 0 Å². The number of hydrogen-bond acceptors (Lipinski definition) is 9. The number of rotatable bonds is 8. The van der Waals surface area contributed by atoms with Crippen molar-refractivity contribution >= 4 is 23.7 Å². The van der Waals surface area contributed by atoms with Crippen molar-refractivity contribution in [3.63, 3.8) is 0 Å². The number of hydrogen-bond donors (Lipinski definition) is 2. The Bertz CT molecular complexity index is 1050. The van der Waals surface area contributed by atoms with E-state index in [0.29, 0.717) is 5.90 Å². The van der Waals surface area contributed by atoms with Crippen LogP contribution in [0, 0.1) is 0 Å². The lowest BCUT2D eigenvalue weighted by Gasteiger charge is -2.52. The Balaban J connectivity index is 0.000000300. The lowest BCUT2D eigenvalue weighted by molar-refractivity contribution is -0.296. The number of esters is 1. The second-order valence-corrected chi connectivity index (χ2v) is 15.9. The Morgan fingerprint density at radius 2 is 1.23 bits per heavy atom. The van der Waals surface area contributed by atoms with E-state index in [0.717, 1.165) is 32.1 Å². The molecule has 1 amide bonds. The fourth-order valence-corrected chi connectivity index (χ4v) is 6.13. The molecule has 0 radical (unpaired) electrons. The van der Waals surface area contributed by atoms with Gasteiger partial charge in [-0.15, -0.1) is 0 Å². The molecule has 0 bridgehead atoms. The number of carboxylic acid groups (broad SMARTS) is 1. The van der Waals surface area contributed by atoms with Crippen LogP contribution in [-0.2, 0) is 28.8 Å². The summed E-state index contributed by atoms with van der Waals surface area (Å²) < 4.78 is 5.28. The maximum Gasteiger partial charge on any atom is 0.340 e. The number of hydroxylamine groups is 4. The highest BCUT2D eigenvalue weighted by Crippen LogP contribution is 2.40. The first-order valence-electron chi connectivity index (χ1n) is 15.6. The molecule has 3 aliphatic rings. The number of carboxylic acids is 1. The molecule has 3 aliphatic heterocycles. The molecule has 0 aliphatic carbocycles. The fraction of sp³-hybridized carbons (Fsp3) is 0.875. The summed E-state index contributed by atoms with van der Waals surface area (Å²) in [6.45, 7) is 27.1. The van der Waals surface area contributed by atoms with Crippen molar-refractivity contribution in [2.45, 2.75) is 181 Å². The molecule has 2 saturated heterocycles. The summed E-state index contributed by atoms with van der Waals surface area (Å²) in [6.07, 6.45) is 5.34. The minimum absolute atomic E-state index is 0.0469. The Morgan fingerprint density at radius 1 is 0.837 bits per heavy atom. The number of aliphatic imine (C=N–C) groups is 1. The number of aliphatic carboxylic acids is 1. The van der Waals surface area contributed by atoms with Crippen LogP contribution in [0.4, 0.5) is 0 Å². The number of nitrogens with zero attached hydrogens (tertiary/aromatic N) is 3. The van der Waals surface area contributed by atoms with Crippen LogP contribution < -0.4 is 5.32 Å². The monoisotopic (exact) mass is 610 g/mol. The predicted molar refractivity (Wildman–Crippen MR) is 166 cm³/mol. The molecular formula is C32H58N4O7. The van der Waals surface area contributed by atoms with Gasteiger partial charge < -0.3 is 15.2 Å². The van der Waals surface area contributed by atoms with Crippen LogP contribution >= 0.6 is 0 Å². The largest absolute Gasteiger partial charge is 0.480 e. The number of amides is 1. The summed E-state index contributed by atoms with van der Waals surface area (Å²) in [5, 5.41) is 15.6. The van der Waals surface area contributed by atoms with Crippen LogP contribution in [-0.4, -0.2) is 84.4 Å². The van der Waals surface area contributed by atoms with E-state index in [1.54, 1.807) is 20.8 Å². The normalized spacial score (nSPS) is 25.8. The molecule has 0 aromatic heterocycles. The van der Waals surface area contributed by atoms with Gasteiger partial charge in [-0.05, 0) is 135 Å². The molecule has 0 spiro atoms. The zero-order valence-electron chi connectivity index (χ0n) is 29.1. The van der Waals surface area contributed by atoms with Gasteiger partial charge in [0.15, 0.2) is 17.7 Å². The molecule has 0 saturated carbocycles. The maximum absolute atomic E-state index is 12.2. The minimum Gasteiger partial charge on any atom is -0.480 e. The van der Waals surface area contributed by atoms with Gasteiger partial charge in [-0.25, -0.2) is 14.6 Å². The second kappa shape index (κ2) is 12.7. The molecule has 2 N–H and O–H groups in total. The molecule has 43 heavy (non-hydrogen) atoms. The van der Waals surface area contributed by atoms with Gasteiger partial charge in [0.1, 0.15) is 5.54 Å². The van der Waals surface area contributed by atoms with Crippen LogP contribution in [0.3, 0.4) is 0 Å². The Kier molecular flexibility index (Phi) is 11.0. The quantitative estimate of drug-likeness (QED) is 0.346. The van der Waals surface area contributed by atoms with E-state index in [9.17, 15) is 14.4 Å². The van der Waals surface area contributed by atoms with Gasteiger partial charge in [-0.2, -0.15) is 10.1 Å². The van der Waals surface area contributed by atoms with E-state index in [1.165, 1.54) is 20.3 Å². The Labute approximate surface area is 259 Å². The first-order valence-corrected chi connectivity index (χ1v) is 15.6. The maximum atomic E-state index is 12.2. The van der Waals surface area contributed by atoms with Crippen molar-refractivity contribution in [1.82, 2.24) is 15.4 Å². The third kappa shape index (κ3) is 8.99. The average Bonchev–Trinajstić information content (AvgIpc) is 3.10. The molecule has 2 unspecified atom stereocenters. The topological polar surface area (TPSA) is 130 Å². The Hall–Kier alpha value is -2.08. The van der Waals surface area contributed by atoms with E-state index in [1.807, 2.05) is 12.0 Å². The van der Waals surface area contributed by atoms with Crippen LogP contribution in [0.15, 0.2) is 4.99 Å². The number of carbonyl (C=O) groups is 3. The van der Waals surface area contributed by atoms with Crippen molar-refractivity contribution in [2.75, 3.05) is 0 Å². The molecule has 3 rings (SSSR count). The summed E-state index contributed by atoms with van der Waals surface area (Å²) in [7, 11) is 0. The highest BCUT2D eigenvalue weighted by molar-refractivity contribution is 6.01. The van der Waals surface area contributed by atoms with Gasteiger partial charge in [0.2, 0.25) is 5.90 Å². The summed E-state index contributed by atoms with van der Waals surface area (Å²) in [5.41, 5.74) is -2.55. The zero-order chi connectivity index (χ0) is 33.4. The minimum atomic E-state index is -1.32. The molecule has 3 heterocycles. The predicted octanol–water partition coefficient (Wildman–Crippen LogP) is 5.41. The summed E-state index contributed by atoms with van der Waals surface area (Å²) in [4.78, 5) is 51.6. The van der Waals surface area contributed by atoms with Gasteiger partial charge >= 0.3 is 11.9 Å². The van der Waals surface area contributed by atoms with E-state index in [2.05, 4.69) is 70.8 Å². The summed E-state index contributed by atoms with van der Waals surface area (Å²) >= 11 is 0. The number of ether oxygens (including phenoxy) is 1. The van der Waals surface area contributed by atoms with Crippen molar-refractivity contribution < 1.29 is 33.9 Å². The number of piperidine rings is 2. The third-order valence-corrected chi connectivity index (χ3v) is 8.65. The Morgan fingerprint density at radius 3 is 1.58 bits per heavy atom. The molecule has 248 valence electrons. The molecule has 11 nitrogen and oxygen atoms in total. The zero-order valence-corrected chi connectivity index (χ0v) is 29.1. The molecule has 0 aromatic rings. The standard InChI is InChI=1S/C16H30N2O4.C16H28N2O3/c1-11(12(19)17-16(6,7)13(20)21)22-18-14(2,3)9-8-10-15(18,4)5;1-11(12-17-16(6,7)13(19)20-12)21-18-14(2,3)9-8-10-15(18,4)5/h11H,8-10H2,1-7H3,(H,17,19)(H,20,21);11H,8-10H2,1-7H3. The lowest BCUT2D eigenvalue weighted by atomic mass is 9.82. The first-order chi connectivity index (χ1) is 19.3. The van der Waals surface area contributed by atoms with Gasteiger partial charge in [0.05, 0.1) is 0 Å². The number of carbonyl (C=O) groups excluding carboxylic acids is 2. The average molecular weight is 611 g/mol.